The highest BCUT2D eigenvalue weighted by atomic mass is 79.9. The molecule has 0 saturated heterocycles. The van der Waals surface area contributed by atoms with E-state index in [1.165, 1.54) is 11.1 Å². The van der Waals surface area contributed by atoms with Gasteiger partial charge in [-0.05, 0) is 35.6 Å². The maximum absolute atomic E-state index is 3.49. The van der Waals surface area contributed by atoms with E-state index in [0.29, 0.717) is 0 Å². The van der Waals surface area contributed by atoms with Gasteiger partial charge >= 0.3 is 0 Å². The van der Waals surface area contributed by atoms with Crippen molar-refractivity contribution in [2.24, 2.45) is 0 Å². The summed E-state index contributed by atoms with van der Waals surface area (Å²) < 4.78 is 1.16. The average Bonchev–Trinajstić information content (AvgIpc) is 1.92. The zero-order valence-electron chi connectivity index (χ0n) is 8.11. The Balaban J connectivity index is 3.23. The standard InChI is InChI=1S/C11H15Br/c1-8-5-6-9(12)7-10(8)11(2,3)4/h5-7H,1-4H3. The van der Waals surface area contributed by atoms with Crippen LogP contribution in [0.15, 0.2) is 22.7 Å². The molecule has 0 nitrogen and oxygen atoms in total. The third-order valence-corrected chi connectivity index (χ3v) is 2.50. The lowest BCUT2D eigenvalue weighted by molar-refractivity contribution is 0.586. The summed E-state index contributed by atoms with van der Waals surface area (Å²) in [5.74, 6) is 0. The van der Waals surface area contributed by atoms with Crippen molar-refractivity contribution in [2.75, 3.05) is 0 Å². The van der Waals surface area contributed by atoms with Crippen LogP contribution in [0.2, 0.25) is 0 Å². The molecule has 0 aliphatic carbocycles. The lowest BCUT2D eigenvalue weighted by Gasteiger charge is -2.21. The van der Waals surface area contributed by atoms with E-state index in [-0.39, 0.29) is 5.41 Å². The average molecular weight is 227 g/mol. The van der Waals surface area contributed by atoms with Crippen LogP contribution in [0.1, 0.15) is 31.9 Å². The number of benzene rings is 1. The molecule has 0 fully saturated rings. The highest BCUT2D eigenvalue weighted by Gasteiger charge is 2.15. The summed E-state index contributed by atoms with van der Waals surface area (Å²) in [4.78, 5) is 0. The van der Waals surface area contributed by atoms with Crippen molar-refractivity contribution in [3.05, 3.63) is 33.8 Å². The van der Waals surface area contributed by atoms with Crippen LogP contribution in [0.25, 0.3) is 0 Å². The molecule has 66 valence electrons. The quantitative estimate of drug-likeness (QED) is 0.627. The van der Waals surface area contributed by atoms with Crippen LogP contribution in [0.4, 0.5) is 0 Å². The number of hydrogen-bond acceptors (Lipinski definition) is 0. The molecule has 0 aliphatic rings. The van der Waals surface area contributed by atoms with E-state index in [9.17, 15) is 0 Å². The fraction of sp³-hybridized carbons (Fsp3) is 0.455. The maximum atomic E-state index is 3.49. The third kappa shape index (κ3) is 2.10. The Labute approximate surface area is 83.1 Å². The summed E-state index contributed by atoms with van der Waals surface area (Å²) >= 11 is 3.49. The predicted octanol–water partition coefficient (Wildman–Crippen LogP) is 4.06. The summed E-state index contributed by atoms with van der Waals surface area (Å²) in [7, 11) is 0. The fourth-order valence-corrected chi connectivity index (χ4v) is 1.76. The van der Waals surface area contributed by atoms with Crippen molar-refractivity contribution in [1.82, 2.24) is 0 Å². The topological polar surface area (TPSA) is 0 Å². The summed E-state index contributed by atoms with van der Waals surface area (Å²) in [6.07, 6.45) is 0. The number of hydrogen-bond donors (Lipinski definition) is 0. The zero-order valence-corrected chi connectivity index (χ0v) is 9.70. The van der Waals surface area contributed by atoms with Crippen LogP contribution in [-0.4, -0.2) is 0 Å². The van der Waals surface area contributed by atoms with Crippen molar-refractivity contribution >= 4 is 15.9 Å². The van der Waals surface area contributed by atoms with Gasteiger partial charge in [-0.15, -0.1) is 0 Å². The molecular weight excluding hydrogens is 212 g/mol. The SMILES string of the molecule is Cc1ccc(Br)cc1C(C)(C)C. The highest BCUT2D eigenvalue weighted by Crippen LogP contribution is 2.27. The van der Waals surface area contributed by atoms with Gasteiger partial charge in [-0.3, -0.25) is 0 Å². The Morgan fingerprint density at radius 1 is 1.17 bits per heavy atom. The van der Waals surface area contributed by atoms with Gasteiger partial charge in [-0.1, -0.05) is 42.8 Å². The van der Waals surface area contributed by atoms with Crippen molar-refractivity contribution in [1.29, 1.82) is 0 Å². The van der Waals surface area contributed by atoms with Gasteiger partial charge in [-0.25, -0.2) is 0 Å². The molecule has 0 saturated carbocycles. The summed E-state index contributed by atoms with van der Waals surface area (Å²) in [5.41, 5.74) is 3.02. The molecule has 0 aromatic heterocycles. The van der Waals surface area contributed by atoms with E-state index in [2.05, 4.69) is 61.8 Å². The minimum Gasteiger partial charge on any atom is -0.0579 e. The highest BCUT2D eigenvalue weighted by molar-refractivity contribution is 9.10. The largest absolute Gasteiger partial charge is 0.0579 e. The molecule has 0 bridgehead atoms. The zero-order chi connectivity index (χ0) is 9.35. The third-order valence-electron chi connectivity index (χ3n) is 2.01. The molecule has 0 amide bonds. The van der Waals surface area contributed by atoms with Crippen LogP contribution in [-0.2, 0) is 5.41 Å². The molecule has 0 atom stereocenters. The predicted molar refractivity (Wildman–Crippen MR) is 57.6 cm³/mol. The van der Waals surface area contributed by atoms with Crippen molar-refractivity contribution in [2.45, 2.75) is 33.1 Å². The van der Waals surface area contributed by atoms with Gasteiger partial charge < -0.3 is 0 Å². The number of aryl methyl sites for hydroxylation is 1. The first-order valence-electron chi connectivity index (χ1n) is 4.18. The van der Waals surface area contributed by atoms with E-state index in [0.717, 1.165) is 4.47 Å². The van der Waals surface area contributed by atoms with Crippen molar-refractivity contribution in [3.63, 3.8) is 0 Å². The first kappa shape index (κ1) is 9.79. The van der Waals surface area contributed by atoms with Crippen LogP contribution < -0.4 is 0 Å². The lowest BCUT2D eigenvalue weighted by atomic mass is 9.84. The maximum Gasteiger partial charge on any atom is 0.0178 e. The van der Waals surface area contributed by atoms with E-state index >= 15 is 0 Å². The van der Waals surface area contributed by atoms with E-state index in [4.69, 9.17) is 0 Å². The number of rotatable bonds is 0. The van der Waals surface area contributed by atoms with E-state index in [1.54, 1.807) is 0 Å². The first-order valence-corrected chi connectivity index (χ1v) is 4.97. The van der Waals surface area contributed by atoms with Crippen molar-refractivity contribution < 1.29 is 0 Å². The molecular formula is C11H15Br. The van der Waals surface area contributed by atoms with Gasteiger partial charge in [0.05, 0.1) is 0 Å². The number of halogens is 1. The molecule has 1 aromatic carbocycles. The van der Waals surface area contributed by atoms with Gasteiger partial charge in [0, 0.05) is 4.47 Å². The normalized spacial score (nSPS) is 11.8. The van der Waals surface area contributed by atoms with Crippen LogP contribution in [0.3, 0.4) is 0 Å². The minimum absolute atomic E-state index is 0.244. The molecule has 0 radical (unpaired) electrons. The second-order valence-corrected chi connectivity index (χ2v) is 5.12. The Morgan fingerprint density at radius 3 is 2.17 bits per heavy atom. The Morgan fingerprint density at radius 2 is 1.75 bits per heavy atom. The molecule has 1 rings (SSSR count). The summed E-state index contributed by atoms with van der Waals surface area (Å²) in [5, 5.41) is 0. The van der Waals surface area contributed by atoms with Crippen LogP contribution >= 0.6 is 15.9 Å². The molecule has 0 spiro atoms. The van der Waals surface area contributed by atoms with Gasteiger partial charge in [0.25, 0.3) is 0 Å². The van der Waals surface area contributed by atoms with Gasteiger partial charge in [0.15, 0.2) is 0 Å². The second-order valence-electron chi connectivity index (χ2n) is 4.21. The summed E-state index contributed by atoms with van der Waals surface area (Å²) in [6, 6.07) is 6.45. The summed E-state index contributed by atoms with van der Waals surface area (Å²) in [6.45, 7) is 8.87. The molecule has 0 heterocycles. The minimum atomic E-state index is 0.244. The molecule has 12 heavy (non-hydrogen) atoms. The Kier molecular flexibility index (Phi) is 2.62. The fourth-order valence-electron chi connectivity index (χ4n) is 1.40. The van der Waals surface area contributed by atoms with E-state index in [1.807, 2.05) is 0 Å². The monoisotopic (exact) mass is 226 g/mol. The first-order chi connectivity index (χ1) is 5.41. The van der Waals surface area contributed by atoms with Crippen LogP contribution in [0.5, 0.6) is 0 Å². The van der Waals surface area contributed by atoms with E-state index < -0.39 is 0 Å². The molecule has 0 unspecified atom stereocenters. The van der Waals surface area contributed by atoms with Crippen LogP contribution in [0, 0.1) is 6.92 Å². The van der Waals surface area contributed by atoms with Crippen molar-refractivity contribution in [3.8, 4) is 0 Å². The second kappa shape index (κ2) is 3.21. The van der Waals surface area contributed by atoms with Gasteiger partial charge in [0.1, 0.15) is 0 Å². The Bertz CT molecular complexity index is 282. The van der Waals surface area contributed by atoms with Gasteiger partial charge in [0.2, 0.25) is 0 Å². The molecule has 1 heteroatoms. The lowest BCUT2D eigenvalue weighted by Crippen LogP contribution is -2.12. The molecule has 0 N–H and O–H groups in total. The smallest absolute Gasteiger partial charge is 0.0178 e. The van der Waals surface area contributed by atoms with Gasteiger partial charge in [-0.2, -0.15) is 0 Å². The molecule has 1 aromatic rings. The molecule has 0 aliphatic heterocycles. The Hall–Kier alpha value is -0.300.